The molecule has 0 radical (unpaired) electrons. The van der Waals surface area contributed by atoms with E-state index in [0.717, 1.165) is 49.5 Å². The molecule has 1 aliphatic heterocycles. The van der Waals surface area contributed by atoms with Crippen LogP contribution in [0, 0.1) is 0 Å². The first-order chi connectivity index (χ1) is 9.83. The molecule has 2 aromatic rings. The van der Waals surface area contributed by atoms with Crippen molar-refractivity contribution in [1.29, 1.82) is 0 Å². The number of nitrogens with zero attached hydrogens (tertiary/aromatic N) is 2. The molecule has 0 unspecified atom stereocenters. The lowest BCUT2D eigenvalue weighted by Gasteiger charge is -2.27. The molecular formula is C15H19N3OS. The number of hydrogen-bond acceptors (Lipinski definition) is 4. The fourth-order valence-corrected chi connectivity index (χ4v) is 3.50. The summed E-state index contributed by atoms with van der Waals surface area (Å²) in [4.78, 5) is 18.6. The number of hydrogen-bond donors (Lipinski definition) is 1. The van der Waals surface area contributed by atoms with Gasteiger partial charge >= 0.3 is 0 Å². The summed E-state index contributed by atoms with van der Waals surface area (Å²) in [6.45, 7) is 3.53. The van der Waals surface area contributed by atoms with Gasteiger partial charge < -0.3 is 10.2 Å². The highest BCUT2D eigenvalue weighted by atomic mass is 32.1. The van der Waals surface area contributed by atoms with E-state index in [1.54, 1.807) is 11.3 Å². The van der Waals surface area contributed by atoms with Gasteiger partial charge in [-0.3, -0.25) is 4.79 Å². The summed E-state index contributed by atoms with van der Waals surface area (Å²) in [7, 11) is 0. The molecule has 0 saturated carbocycles. The molecule has 4 nitrogen and oxygen atoms in total. The predicted molar refractivity (Wildman–Crippen MR) is 82.0 cm³/mol. The van der Waals surface area contributed by atoms with Crippen LogP contribution in [0.4, 0.5) is 0 Å². The number of aryl methyl sites for hydroxylation is 1. The van der Waals surface area contributed by atoms with E-state index in [-0.39, 0.29) is 5.91 Å². The number of rotatable bonds is 4. The average Bonchev–Trinajstić information content (AvgIpc) is 2.90. The minimum Gasteiger partial charge on any atom is -0.340 e. The lowest BCUT2D eigenvalue weighted by atomic mass is 10.2. The van der Waals surface area contributed by atoms with Crippen LogP contribution in [-0.4, -0.2) is 42.0 Å². The van der Waals surface area contributed by atoms with Crippen LogP contribution in [0.25, 0.3) is 10.2 Å². The van der Waals surface area contributed by atoms with Crippen molar-refractivity contribution < 1.29 is 4.79 Å². The molecule has 1 amide bonds. The molecule has 1 aromatic carbocycles. The third kappa shape index (κ3) is 3.16. The van der Waals surface area contributed by atoms with Gasteiger partial charge in [0, 0.05) is 32.6 Å². The summed E-state index contributed by atoms with van der Waals surface area (Å²) in [6.07, 6.45) is 2.43. The smallest absolute Gasteiger partial charge is 0.222 e. The van der Waals surface area contributed by atoms with Gasteiger partial charge in [-0.1, -0.05) is 12.1 Å². The second-order valence-electron chi connectivity index (χ2n) is 5.06. The number of piperazine rings is 1. The molecule has 0 aliphatic carbocycles. The Balaban J connectivity index is 1.50. The van der Waals surface area contributed by atoms with Crippen molar-refractivity contribution in [2.75, 3.05) is 26.2 Å². The Morgan fingerprint density at radius 2 is 2.10 bits per heavy atom. The summed E-state index contributed by atoms with van der Waals surface area (Å²) in [5.41, 5.74) is 1.07. The van der Waals surface area contributed by atoms with Crippen LogP contribution in [0.1, 0.15) is 17.8 Å². The van der Waals surface area contributed by atoms with Crippen LogP contribution in [0.2, 0.25) is 0 Å². The van der Waals surface area contributed by atoms with Gasteiger partial charge in [0.2, 0.25) is 5.91 Å². The van der Waals surface area contributed by atoms with Gasteiger partial charge in [0.1, 0.15) is 0 Å². The normalized spacial score (nSPS) is 15.7. The van der Waals surface area contributed by atoms with Gasteiger partial charge in [-0.05, 0) is 25.0 Å². The number of amides is 1. The van der Waals surface area contributed by atoms with Crippen LogP contribution in [0.5, 0.6) is 0 Å². The van der Waals surface area contributed by atoms with E-state index in [0.29, 0.717) is 6.42 Å². The van der Waals surface area contributed by atoms with Crippen molar-refractivity contribution in [3.8, 4) is 0 Å². The number of thiazole rings is 1. The highest BCUT2D eigenvalue weighted by molar-refractivity contribution is 7.18. The average molecular weight is 289 g/mol. The number of aromatic nitrogens is 1. The van der Waals surface area contributed by atoms with Crippen LogP contribution >= 0.6 is 11.3 Å². The third-order valence-corrected chi connectivity index (χ3v) is 4.69. The van der Waals surface area contributed by atoms with Gasteiger partial charge in [0.15, 0.2) is 0 Å². The molecule has 106 valence electrons. The van der Waals surface area contributed by atoms with Crippen molar-refractivity contribution in [2.45, 2.75) is 19.3 Å². The van der Waals surface area contributed by atoms with Crippen molar-refractivity contribution in [2.24, 2.45) is 0 Å². The Kier molecular flexibility index (Phi) is 4.28. The molecule has 0 spiro atoms. The van der Waals surface area contributed by atoms with Crippen molar-refractivity contribution >= 4 is 27.5 Å². The van der Waals surface area contributed by atoms with Crippen LogP contribution in [0.15, 0.2) is 24.3 Å². The standard InChI is InChI=1S/C15H19N3OS/c19-15(18-10-8-16-9-11-18)7-3-6-14-17-12-4-1-2-5-13(12)20-14/h1-2,4-5,16H,3,6-11H2. The van der Waals surface area contributed by atoms with Gasteiger partial charge in [-0.25, -0.2) is 4.98 Å². The maximum Gasteiger partial charge on any atom is 0.222 e. The first-order valence-corrected chi connectivity index (χ1v) is 7.97. The van der Waals surface area contributed by atoms with Crippen molar-refractivity contribution in [1.82, 2.24) is 15.2 Å². The van der Waals surface area contributed by atoms with E-state index in [1.807, 2.05) is 23.1 Å². The first kappa shape index (κ1) is 13.5. The van der Waals surface area contributed by atoms with Crippen molar-refractivity contribution in [3.63, 3.8) is 0 Å². The lowest BCUT2D eigenvalue weighted by molar-refractivity contribution is -0.131. The second-order valence-corrected chi connectivity index (χ2v) is 6.17. The largest absolute Gasteiger partial charge is 0.340 e. The molecule has 2 heterocycles. The summed E-state index contributed by atoms with van der Waals surface area (Å²) < 4.78 is 1.23. The van der Waals surface area contributed by atoms with E-state index < -0.39 is 0 Å². The van der Waals surface area contributed by atoms with E-state index in [4.69, 9.17) is 0 Å². The minimum absolute atomic E-state index is 0.285. The number of fused-ring (bicyclic) bond motifs is 1. The van der Waals surface area contributed by atoms with Crippen LogP contribution in [0.3, 0.4) is 0 Å². The second kappa shape index (κ2) is 6.33. The topological polar surface area (TPSA) is 45.2 Å². The van der Waals surface area contributed by atoms with Gasteiger partial charge in [0.05, 0.1) is 15.2 Å². The molecule has 1 fully saturated rings. The highest BCUT2D eigenvalue weighted by Crippen LogP contribution is 2.22. The summed E-state index contributed by atoms with van der Waals surface area (Å²) in [5, 5.41) is 4.40. The SMILES string of the molecule is O=C(CCCc1nc2ccccc2s1)N1CCNCC1. The van der Waals surface area contributed by atoms with Crippen molar-refractivity contribution in [3.05, 3.63) is 29.3 Å². The quantitative estimate of drug-likeness (QED) is 0.937. The molecule has 1 saturated heterocycles. The maximum atomic E-state index is 12.0. The van der Waals surface area contributed by atoms with Gasteiger partial charge in [-0.2, -0.15) is 0 Å². The molecule has 5 heteroatoms. The number of carbonyl (C=O) groups excluding carboxylic acids is 1. The molecule has 1 aromatic heterocycles. The van der Waals surface area contributed by atoms with Crippen LogP contribution in [-0.2, 0) is 11.2 Å². The number of benzene rings is 1. The zero-order chi connectivity index (χ0) is 13.8. The summed E-state index contributed by atoms with van der Waals surface area (Å²) in [6, 6.07) is 8.20. The van der Waals surface area contributed by atoms with Gasteiger partial charge in [0.25, 0.3) is 0 Å². The van der Waals surface area contributed by atoms with E-state index in [9.17, 15) is 4.79 Å². The fourth-order valence-electron chi connectivity index (χ4n) is 2.49. The predicted octanol–water partition coefficient (Wildman–Crippen LogP) is 2.05. The molecule has 20 heavy (non-hydrogen) atoms. The molecule has 3 rings (SSSR count). The third-order valence-electron chi connectivity index (χ3n) is 3.59. The number of carbonyl (C=O) groups is 1. The van der Waals surface area contributed by atoms with Gasteiger partial charge in [-0.15, -0.1) is 11.3 Å². The molecule has 0 bridgehead atoms. The Morgan fingerprint density at radius 1 is 1.30 bits per heavy atom. The Hall–Kier alpha value is -1.46. The van der Waals surface area contributed by atoms with E-state index in [2.05, 4.69) is 16.4 Å². The minimum atomic E-state index is 0.285. The van der Waals surface area contributed by atoms with E-state index in [1.165, 1.54) is 4.70 Å². The number of nitrogens with one attached hydrogen (secondary N) is 1. The zero-order valence-electron chi connectivity index (χ0n) is 11.5. The fraction of sp³-hybridized carbons (Fsp3) is 0.467. The first-order valence-electron chi connectivity index (χ1n) is 7.16. The summed E-state index contributed by atoms with van der Waals surface area (Å²) >= 11 is 1.74. The molecule has 1 aliphatic rings. The Labute approximate surface area is 122 Å². The highest BCUT2D eigenvalue weighted by Gasteiger charge is 2.15. The van der Waals surface area contributed by atoms with Crippen LogP contribution < -0.4 is 5.32 Å². The molecule has 1 N–H and O–H groups in total. The molecular weight excluding hydrogens is 270 g/mol. The number of para-hydroxylation sites is 1. The monoisotopic (exact) mass is 289 g/mol. The zero-order valence-corrected chi connectivity index (χ0v) is 12.3. The Bertz CT molecular complexity index is 557. The maximum absolute atomic E-state index is 12.0. The summed E-state index contributed by atoms with van der Waals surface area (Å²) in [5.74, 6) is 0.285. The van der Waals surface area contributed by atoms with E-state index >= 15 is 0 Å². The lowest BCUT2D eigenvalue weighted by Crippen LogP contribution is -2.46. The Morgan fingerprint density at radius 3 is 2.90 bits per heavy atom. The molecule has 0 atom stereocenters.